The van der Waals surface area contributed by atoms with Crippen LogP contribution < -0.4 is 5.32 Å². The SMILES string of the molecule is O=C(NCCO)C1=CCCCCC1. The normalized spacial score (nSPS) is 17.5. The number of aliphatic hydroxyl groups excluding tert-OH is 1. The molecule has 0 saturated carbocycles. The molecule has 0 saturated heterocycles. The highest BCUT2D eigenvalue weighted by molar-refractivity contribution is 5.93. The monoisotopic (exact) mass is 183 g/mol. The summed E-state index contributed by atoms with van der Waals surface area (Å²) in [7, 11) is 0. The number of aliphatic hydroxyl groups is 1. The van der Waals surface area contributed by atoms with Crippen LogP contribution in [0, 0.1) is 0 Å². The van der Waals surface area contributed by atoms with E-state index in [4.69, 9.17) is 5.11 Å². The highest BCUT2D eigenvalue weighted by Gasteiger charge is 2.09. The lowest BCUT2D eigenvalue weighted by atomic mass is 10.1. The number of amides is 1. The molecular formula is C10H17NO2. The third-order valence-corrected chi connectivity index (χ3v) is 2.23. The van der Waals surface area contributed by atoms with Crippen molar-refractivity contribution in [3.63, 3.8) is 0 Å². The summed E-state index contributed by atoms with van der Waals surface area (Å²) in [5, 5.41) is 11.2. The third-order valence-electron chi connectivity index (χ3n) is 2.23. The minimum absolute atomic E-state index is 0.00375. The smallest absolute Gasteiger partial charge is 0.246 e. The fourth-order valence-electron chi connectivity index (χ4n) is 1.50. The summed E-state index contributed by atoms with van der Waals surface area (Å²) in [6.07, 6.45) is 7.45. The molecule has 2 N–H and O–H groups in total. The maximum Gasteiger partial charge on any atom is 0.246 e. The second-order valence-electron chi connectivity index (χ2n) is 3.31. The van der Waals surface area contributed by atoms with Gasteiger partial charge in [0.15, 0.2) is 0 Å². The van der Waals surface area contributed by atoms with E-state index in [1.54, 1.807) is 0 Å². The number of nitrogens with one attached hydrogen (secondary N) is 1. The van der Waals surface area contributed by atoms with Crippen LogP contribution in [-0.2, 0) is 4.79 Å². The third kappa shape index (κ3) is 3.59. The van der Waals surface area contributed by atoms with Crippen LogP contribution in [0.5, 0.6) is 0 Å². The van der Waals surface area contributed by atoms with E-state index >= 15 is 0 Å². The molecule has 0 spiro atoms. The Morgan fingerprint density at radius 2 is 2.31 bits per heavy atom. The number of carbonyl (C=O) groups is 1. The molecule has 1 rings (SSSR count). The standard InChI is InChI=1S/C10H17NO2/c12-8-7-11-10(13)9-5-3-1-2-4-6-9/h5,12H,1-4,6-8H2,(H,11,13). The van der Waals surface area contributed by atoms with Crippen molar-refractivity contribution in [3.8, 4) is 0 Å². The molecule has 1 aliphatic rings. The molecule has 74 valence electrons. The van der Waals surface area contributed by atoms with E-state index in [0.29, 0.717) is 6.54 Å². The quantitative estimate of drug-likeness (QED) is 0.685. The first-order chi connectivity index (χ1) is 6.34. The summed E-state index contributed by atoms with van der Waals surface area (Å²) in [6.45, 7) is 0.370. The first-order valence-electron chi connectivity index (χ1n) is 4.92. The van der Waals surface area contributed by atoms with Crippen LogP contribution in [0.1, 0.15) is 32.1 Å². The van der Waals surface area contributed by atoms with Crippen molar-refractivity contribution in [3.05, 3.63) is 11.6 Å². The zero-order valence-corrected chi connectivity index (χ0v) is 7.88. The van der Waals surface area contributed by atoms with Crippen molar-refractivity contribution in [1.82, 2.24) is 5.32 Å². The minimum Gasteiger partial charge on any atom is -0.395 e. The summed E-state index contributed by atoms with van der Waals surface area (Å²) in [5.74, 6) is -0.00375. The molecule has 0 bridgehead atoms. The fourth-order valence-corrected chi connectivity index (χ4v) is 1.50. The molecule has 13 heavy (non-hydrogen) atoms. The van der Waals surface area contributed by atoms with Gasteiger partial charge in [0.1, 0.15) is 0 Å². The maximum absolute atomic E-state index is 11.4. The van der Waals surface area contributed by atoms with Crippen molar-refractivity contribution in [2.75, 3.05) is 13.2 Å². The van der Waals surface area contributed by atoms with Crippen molar-refractivity contribution in [2.24, 2.45) is 0 Å². The van der Waals surface area contributed by atoms with Gasteiger partial charge in [-0.1, -0.05) is 12.5 Å². The van der Waals surface area contributed by atoms with Gasteiger partial charge < -0.3 is 10.4 Å². The van der Waals surface area contributed by atoms with Crippen molar-refractivity contribution in [1.29, 1.82) is 0 Å². The van der Waals surface area contributed by atoms with Crippen molar-refractivity contribution in [2.45, 2.75) is 32.1 Å². The van der Waals surface area contributed by atoms with Gasteiger partial charge in [0.2, 0.25) is 5.91 Å². The zero-order valence-electron chi connectivity index (χ0n) is 7.88. The molecular weight excluding hydrogens is 166 g/mol. The number of rotatable bonds is 3. The molecule has 0 aromatic heterocycles. The molecule has 0 atom stereocenters. The van der Waals surface area contributed by atoms with E-state index in [9.17, 15) is 4.79 Å². The van der Waals surface area contributed by atoms with Gasteiger partial charge in [-0.2, -0.15) is 0 Å². The molecule has 0 aromatic rings. The average Bonchev–Trinajstić information content (AvgIpc) is 2.42. The van der Waals surface area contributed by atoms with Crippen LogP contribution in [0.15, 0.2) is 11.6 Å². The second kappa shape index (κ2) is 5.75. The van der Waals surface area contributed by atoms with Gasteiger partial charge >= 0.3 is 0 Å². The van der Waals surface area contributed by atoms with Crippen molar-refractivity contribution >= 4 is 5.91 Å². The lowest BCUT2D eigenvalue weighted by Crippen LogP contribution is -2.27. The minimum atomic E-state index is -0.00375. The Kier molecular flexibility index (Phi) is 4.54. The highest BCUT2D eigenvalue weighted by Crippen LogP contribution is 2.16. The Bertz CT molecular complexity index is 199. The molecule has 0 aromatic carbocycles. The van der Waals surface area contributed by atoms with E-state index in [1.807, 2.05) is 6.08 Å². The summed E-state index contributed by atoms with van der Waals surface area (Å²) in [5.41, 5.74) is 0.894. The predicted octanol–water partition coefficient (Wildman–Crippen LogP) is 0.985. The second-order valence-corrected chi connectivity index (χ2v) is 3.31. The van der Waals surface area contributed by atoms with Gasteiger partial charge in [-0.3, -0.25) is 4.79 Å². The zero-order chi connectivity index (χ0) is 9.52. The topological polar surface area (TPSA) is 49.3 Å². The Labute approximate surface area is 78.8 Å². The van der Waals surface area contributed by atoms with Crippen LogP contribution in [0.4, 0.5) is 0 Å². The summed E-state index contributed by atoms with van der Waals surface area (Å²) >= 11 is 0. The molecule has 0 heterocycles. The largest absolute Gasteiger partial charge is 0.395 e. The van der Waals surface area contributed by atoms with Crippen LogP contribution in [0.2, 0.25) is 0 Å². The first kappa shape index (κ1) is 10.3. The average molecular weight is 183 g/mol. The van der Waals surface area contributed by atoms with E-state index in [1.165, 1.54) is 12.8 Å². The Morgan fingerprint density at radius 1 is 1.46 bits per heavy atom. The Hall–Kier alpha value is -0.830. The molecule has 3 heteroatoms. The molecule has 0 aliphatic heterocycles. The van der Waals surface area contributed by atoms with Crippen LogP contribution in [0.3, 0.4) is 0 Å². The Morgan fingerprint density at radius 3 is 3.08 bits per heavy atom. The van der Waals surface area contributed by atoms with Crippen molar-refractivity contribution < 1.29 is 9.90 Å². The number of hydrogen-bond acceptors (Lipinski definition) is 2. The molecule has 1 amide bonds. The lowest BCUT2D eigenvalue weighted by Gasteiger charge is -2.05. The number of allylic oxidation sites excluding steroid dienone is 1. The molecule has 3 nitrogen and oxygen atoms in total. The van der Waals surface area contributed by atoms with Gasteiger partial charge in [0.05, 0.1) is 6.61 Å². The highest BCUT2D eigenvalue weighted by atomic mass is 16.3. The van der Waals surface area contributed by atoms with Gasteiger partial charge in [0, 0.05) is 12.1 Å². The fraction of sp³-hybridized carbons (Fsp3) is 0.700. The molecule has 0 radical (unpaired) electrons. The first-order valence-corrected chi connectivity index (χ1v) is 4.92. The summed E-state index contributed by atoms with van der Waals surface area (Å²) in [4.78, 5) is 11.4. The van der Waals surface area contributed by atoms with Gasteiger partial charge in [-0.15, -0.1) is 0 Å². The molecule has 1 aliphatic carbocycles. The summed E-state index contributed by atoms with van der Waals surface area (Å²) < 4.78 is 0. The van der Waals surface area contributed by atoms with Crippen LogP contribution >= 0.6 is 0 Å². The van der Waals surface area contributed by atoms with E-state index in [0.717, 1.165) is 24.8 Å². The number of hydrogen-bond donors (Lipinski definition) is 2. The maximum atomic E-state index is 11.4. The molecule has 0 unspecified atom stereocenters. The predicted molar refractivity (Wildman–Crippen MR) is 51.3 cm³/mol. The van der Waals surface area contributed by atoms with Gasteiger partial charge in [-0.05, 0) is 25.7 Å². The number of carbonyl (C=O) groups excluding carboxylic acids is 1. The van der Waals surface area contributed by atoms with E-state index in [2.05, 4.69) is 5.32 Å². The lowest BCUT2D eigenvalue weighted by molar-refractivity contribution is -0.117. The van der Waals surface area contributed by atoms with Gasteiger partial charge in [0.25, 0.3) is 0 Å². The van der Waals surface area contributed by atoms with Gasteiger partial charge in [-0.25, -0.2) is 0 Å². The van der Waals surface area contributed by atoms with Crippen LogP contribution in [-0.4, -0.2) is 24.2 Å². The van der Waals surface area contributed by atoms with Crippen LogP contribution in [0.25, 0.3) is 0 Å². The van der Waals surface area contributed by atoms with E-state index in [-0.39, 0.29) is 12.5 Å². The van der Waals surface area contributed by atoms with E-state index < -0.39 is 0 Å². The molecule has 0 fully saturated rings. The summed E-state index contributed by atoms with van der Waals surface area (Å²) in [6, 6.07) is 0. The Balaban J connectivity index is 2.39.